The average Bonchev–Trinajstić information content (AvgIpc) is 3.22. The number of amides is 1. The van der Waals surface area contributed by atoms with Gasteiger partial charge in [-0.15, -0.1) is 0 Å². The summed E-state index contributed by atoms with van der Waals surface area (Å²) in [5.74, 6) is -0.509. The van der Waals surface area contributed by atoms with Gasteiger partial charge < -0.3 is 20.3 Å². The smallest absolute Gasteiger partial charge is 0.306 e. The number of aliphatic hydroxyl groups is 2. The second-order valence-corrected chi connectivity index (χ2v) is 17.6. The highest BCUT2D eigenvalue weighted by atomic mass is 16.5. The zero-order valence-corrected chi connectivity index (χ0v) is 38.9. The Morgan fingerprint density at radius 3 is 1.31 bits per heavy atom. The molecule has 1 amide bonds. The molecule has 0 aromatic heterocycles. The van der Waals surface area contributed by atoms with E-state index in [-0.39, 0.29) is 24.9 Å². The van der Waals surface area contributed by atoms with Crippen molar-refractivity contribution in [3.05, 3.63) is 24.3 Å². The van der Waals surface area contributed by atoms with Crippen LogP contribution in [-0.2, 0) is 14.3 Å². The SMILES string of the molecule is CCCCCCCCC/C=C/C=C/CCCC(CC(=O)NC(CO)C(O)CCCCCCCCCCC)OC(=O)CCCCCCCCCCCCCCCCCC. The van der Waals surface area contributed by atoms with E-state index < -0.39 is 18.2 Å². The molecular weight excluding hydrogens is 719 g/mol. The van der Waals surface area contributed by atoms with Gasteiger partial charge in [-0.05, 0) is 44.9 Å². The van der Waals surface area contributed by atoms with Crippen LogP contribution in [0.15, 0.2) is 24.3 Å². The lowest BCUT2D eigenvalue weighted by molar-refractivity contribution is -0.151. The third kappa shape index (κ3) is 41.1. The molecule has 0 aliphatic rings. The van der Waals surface area contributed by atoms with Gasteiger partial charge in [-0.3, -0.25) is 9.59 Å². The summed E-state index contributed by atoms with van der Waals surface area (Å²) in [7, 11) is 0. The molecule has 3 atom stereocenters. The molecule has 0 rings (SSSR count). The summed E-state index contributed by atoms with van der Waals surface area (Å²) < 4.78 is 5.90. The highest BCUT2D eigenvalue weighted by Gasteiger charge is 2.24. The molecule has 6 heteroatoms. The van der Waals surface area contributed by atoms with Crippen LogP contribution in [-0.4, -0.2) is 46.9 Å². The first-order chi connectivity index (χ1) is 28.5. The fourth-order valence-corrected chi connectivity index (χ4v) is 7.90. The highest BCUT2D eigenvalue weighted by molar-refractivity contribution is 5.77. The number of esters is 1. The Hall–Kier alpha value is -1.66. The van der Waals surface area contributed by atoms with E-state index >= 15 is 0 Å². The number of rotatable bonds is 46. The van der Waals surface area contributed by atoms with Gasteiger partial charge in [0.2, 0.25) is 5.91 Å². The molecule has 3 N–H and O–H groups in total. The molecule has 0 aliphatic heterocycles. The number of hydrogen-bond donors (Lipinski definition) is 3. The molecule has 0 heterocycles. The molecule has 3 unspecified atom stereocenters. The van der Waals surface area contributed by atoms with Crippen molar-refractivity contribution in [1.29, 1.82) is 0 Å². The van der Waals surface area contributed by atoms with Gasteiger partial charge in [0.1, 0.15) is 6.10 Å². The second kappa shape index (κ2) is 46.4. The summed E-state index contributed by atoms with van der Waals surface area (Å²) in [5, 5.41) is 23.6. The average molecular weight is 818 g/mol. The first-order valence-electron chi connectivity index (χ1n) is 25.6. The monoisotopic (exact) mass is 818 g/mol. The number of aliphatic hydroxyl groups excluding tert-OH is 2. The van der Waals surface area contributed by atoms with Crippen LogP contribution < -0.4 is 5.32 Å². The summed E-state index contributed by atoms with van der Waals surface area (Å²) in [4.78, 5) is 26.1. The Labute approximate surface area is 361 Å². The highest BCUT2D eigenvalue weighted by Crippen LogP contribution is 2.17. The molecule has 342 valence electrons. The van der Waals surface area contributed by atoms with Crippen LogP contribution in [0, 0.1) is 0 Å². The van der Waals surface area contributed by atoms with Crippen molar-refractivity contribution in [3.63, 3.8) is 0 Å². The van der Waals surface area contributed by atoms with Gasteiger partial charge in [0.15, 0.2) is 0 Å². The number of hydrogen-bond acceptors (Lipinski definition) is 5. The van der Waals surface area contributed by atoms with E-state index in [1.54, 1.807) is 0 Å². The van der Waals surface area contributed by atoms with Crippen LogP contribution in [0.4, 0.5) is 0 Å². The fraction of sp³-hybridized carbons (Fsp3) is 0.885. The predicted molar refractivity (Wildman–Crippen MR) is 250 cm³/mol. The zero-order chi connectivity index (χ0) is 42.4. The van der Waals surface area contributed by atoms with E-state index in [9.17, 15) is 19.8 Å². The summed E-state index contributed by atoms with van der Waals surface area (Å²) >= 11 is 0. The zero-order valence-electron chi connectivity index (χ0n) is 38.9. The Morgan fingerprint density at radius 2 is 0.879 bits per heavy atom. The standard InChI is InChI=1S/C52H99NO5/c1-4-7-10-13-16-19-21-23-25-26-28-30-33-36-39-42-45-52(57)58-48(43-40-37-34-32-29-27-24-22-20-17-14-11-8-5-2)46-51(56)53-49(47-54)50(55)44-41-38-35-31-18-15-12-9-6-3/h27,29,32,34,48-50,54-55H,4-26,28,30-31,33,35-47H2,1-3H3,(H,53,56)/b29-27+,34-32+. The minimum absolute atomic E-state index is 0.0496. The lowest BCUT2D eigenvalue weighted by Gasteiger charge is -2.24. The molecule has 0 fully saturated rings. The van der Waals surface area contributed by atoms with Crippen molar-refractivity contribution < 1.29 is 24.5 Å². The normalized spacial score (nSPS) is 13.4. The molecular formula is C52H99NO5. The third-order valence-corrected chi connectivity index (χ3v) is 11.8. The molecule has 6 nitrogen and oxygen atoms in total. The number of unbranched alkanes of at least 4 members (excludes halogenated alkanes) is 31. The lowest BCUT2D eigenvalue weighted by atomic mass is 10.0. The van der Waals surface area contributed by atoms with E-state index in [0.29, 0.717) is 19.3 Å². The van der Waals surface area contributed by atoms with Gasteiger partial charge in [0.25, 0.3) is 0 Å². The van der Waals surface area contributed by atoms with Crippen molar-refractivity contribution >= 4 is 11.9 Å². The minimum atomic E-state index is -0.793. The van der Waals surface area contributed by atoms with Crippen molar-refractivity contribution in [3.8, 4) is 0 Å². The van der Waals surface area contributed by atoms with E-state index in [4.69, 9.17) is 4.74 Å². The molecule has 0 aliphatic carbocycles. The van der Waals surface area contributed by atoms with Gasteiger partial charge in [-0.2, -0.15) is 0 Å². The van der Waals surface area contributed by atoms with Crippen LogP contribution in [0.2, 0.25) is 0 Å². The summed E-state index contributed by atoms with van der Waals surface area (Å²) in [5.41, 5.74) is 0. The predicted octanol–water partition coefficient (Wildman–Crippen LogP) is 15.1. The molecule has 0 radical (unpaired) electrons. The van der Waals surface area contributed by atoms with E-state index in [1.165, 1.54) is 167 Å². The molecule has 0 spiro atoms. The number of allylic oxidation sites excluding steroid dienone is 4. The Bertz CT molecular complexity index is 919. The van der Waals surface area contributed by atoms with Gasteiger partial charge >= 0.3 is 5.97 Å². The summed E-state index contributed by atoms with van der Waals surface area (Å²) in [6, 6.07) is -0.709. The fourth-order valence-electron chi connectivity index (χ4n) is 7.90. The lowest BCUT2D eigenvalue weighted by Crippen LogP contribution is -2.46. The second-order valence-electron chi connectivity index (χ2n) is 17.6. The molecule has 0 aromatic rings. The van der Waals surface area contributed by atoms with E-state index in [0.717, 1.165) is 57.8 Å². The minimum Gasteiger partial charge on any atom is -0.462 e. The van der Waals surface area contributed by atoms with Crippen LogP contribution >= 0.6 is 0 Å². The Morgan fingerprint density at radius 1 is 0.500 bits per heavy atom. The number of carbonyl (C=O) groups is 2. The summed E-state index contributed by atoms with van der Waals surface area (Å²) in [6.45, 7) is 6.46. The number of carbonyl (C=O) groups excluding carboxylic acids is 2. The van der Waals surface area contributed by atoms with Gasteiger partial charge in [0.05, 0.1) is 25.2 Å². The van der Waals surface area contributed by atoms with Gasteiger partial charge in [0, 0.05) is 6.42 Å². The summed E-state index contributed by atoms with van der Waals surface area (Å²) in [6.07, 6.45) is 52.5. The van der Waals surface area contributed by atoms with Crippen LogP contribution in [0.25, 0.3) is 0 Å². The Kier molecular flexibility index (Phi) is 45.1. The van der Waals surface area contributed by atoms with E-state index in [1.807, 2.05) is 0 Å². The topological polar surface area (TPSA) is 95.9 Å². The molecule has 0 bridgehead atoms. The number of nitrogens with one attached hydrogen (secondary N) is 1. The molecule has 0 saturated heterocycles. The Balaban J connectivity index is 4.59. The first kappa shape index (κ1) is 56.3. The molecule has 0 saturated carbocycles. The quantitative estimate of drug-likeness (QED) is 0.0323. The molecule has 0 aromatic carbocycles. The van der Waals surface area contributed by atoms with Gasteiger partial charge in [-0.1, -0.05) is 238 Å². The first-order valence-corrected chi connectivity index (χ1v) is 25.6. The van der Waals surface area contributed by atoms with Crippen molar-refractivity contribution in [1.82, 2.24) is 5.32 Å². The number of ether oxygens (including phenoxy) is 1. The maximum Gasteiger partial charge on any atom is 0.306 e. The van der Waals surface area contributed by atoms with Crippen molar-refractivity contribution in [2.45, 2.75) is 289 Å². The van der Waals surface area contributed by atoms with Crippen LogP contribution in [0.3, 0.4) is 0 Å². The van der Waals surface area contributed by atoms with Crippen LogP contribution in [0.5, 0.6) is 0 Å². The van der Waals surface area contributed by atoms with Gasteiger partial charge in [-0.25, -0.2) is 0 Å². The maximum absolute atomic E-state index is 13.1. The third-order valence-electron chi connectivity index (χ3n) is 11.8. The molecule has 58 heavy (non-hydrogen) atoms. The van der Waals surface area contributed by atoms with Crippen LogP contribution in [0.1, 0.15) is 271 Å². The maximum atomic E-state index is 13.1. The van der Waals surface area contributed by atoms with Crippen molar-refractivity contribution in [2.24, 2.45) is 0 Å². The largest absolute Gasteiger partial charge is 0.462 e. The van der Waals surface area contributed by atoms with E-state index in [2.05, 4.69) is 50.4 Å². The van der Waals surface area contributed by atoms with Crippen molar-refractivity contribution in [2.75, 3.05) is 6.61 Å².